The SMILES string of the molecule is Cc1ccc(C2=C(N3CCC(C)CC3)C(=O)N(c3cc(Cl)cc(Cl)c3)C2=O)cc1. The number of likely N-dealkylation sites (tertiary alicyclic amines) is 1. The lowest BCUT2D eigenvalue weighted by Gasteiger charge is -2.32. The molecule has 2 amide bonds. The van der Waals surface area contributed by atoms with Gasteiger partial charge < -0.3 is 4.90 Å². The van der Waals surface area contributed by atoms with E-state index in [4.69, 9.17) is 23.2 Å². The maximum atomic E-state index is 13.5. The molecule has 2 aliphatic heterocycles. The average Bonchev–Trinajstić information content (AvgIpc) is 2.93. The molecule has 0 aliphatic carbocycles. The summed E-state index contributed by atoms with van der Waals surface area (Å²) in [5.41, 5.74) is 3.15. The number of anilines is 1. The van der Waals surface area contributed by atoms with Crippen molar-refractivity contribution in [2.45, 2.75) is 26.7 Å². The lowest BCUT2D eigenvalue weighted by Crippen LogP contribution is -2.38. The van der Waals surface area contributed by atoms with Crippen LogP contribution in [0.5, 0.6) is 0 Å². The zero-order chi connectivity index (χ0) is 20.7. The number of aryl methyl sites for hydroxylation is 1. The quantitative estimate of drug-likeness (QED) is 0.621. The molecule has 0 radical (unpaired) electrons. The van der Waals surface area contributed by atoms with E-state index in [-0.39, 0.29) is 11.8 Å². The number of piperidine rings is 1. The highest BCUT2D eigenvalue weighted by atomic mass is 35.5. The zero-order valence-corrected chi connectivity index (χ0v) is 17.9. The standard InChI is InChI=1S/C23H22Cl2N2O2/c1-14-3-5-16(6-4-14)20-21(26-9-7-15(2)8-10-26)23(29)27(22(20)28)19-12-17(24)11-18(25)13-19/h3-6,11-13,15H,7-10H2,1-2H3. The first kappa shape index (κ1) is 20.0. The van der Waals surface area contributed by atoms with Gasteiger partial charge in [-0.1, -0.05) is 60.0 Å². The topological polar surface area (TPSA) is 40.6 Å². The molecule has 4 rings (SSSR count). The number of amides is 2. The maximum Gasteiger partial charge on any atom is 0.282 e. The molecule has 4 nitrogen and oxygen atoms in total. The van der Waals surface area contributed by atoms with Gasteiger partial charge in [-0.05, 0) is 49.4 Å². The third-order valence-corrected chi connectivity index (χ3v) is 6.04. The number of carbonyl (C=O) groups excluding carboxylic acids is 2. The molecule has 6 heteroatoms. The highest BCUT2D eigenvalue weighted by Crippen LogP contribution is 2.38. The minimum atomic E-state index is -0.342. The summed E-state index contributed by atoms with van der Waals surface area (Å²) >= 11 is 12.3. The minimum absolute atomic E-state index is 0.321. The van der Waals surface area contributed by atoms with Gasteiger partial charge in [0.25, 0.3) is 11.8 Å². The summed E-state index contributed by atoms with van der Waals surface area (Å²) < 4.78 is 0. The largest absolute Gasteiger partial charge is 0.366 e. The van der Waals surface area contributed by atoms with Gasteiger partial charge in [-0.2, -0.15) is 0 Å². The number of nitrogens with zero attached hydrogens (tertiary/aromatic N) is 2. The van der Waals surface area contributed by atoms with E-state index in [1.54, 1.807) is 18.2 Å². The van der Waals surface area contributed by atoms with Crippen molar-refractivity contribution in [3.63, 3.8) is 0 Å². The summed E-state index contributed by atoms with van der Waals surface area (Å²) in [5.74, 6) is -0.0472. The number of benzene rings is 2. The van der Waals surface area contributed by atoms with Crippen LogP contribution in [-0.2, 0) is 9.59 Å². The monoisotopic (exact) mass is 428 g/mol. The van der Waals surface area contributed by atoms with Crippen LogP contribution in [0, 0.1) is 12.8 Å². The molecule has 29 heavy (non-hydrogen) atoms. The fourth-order valence-corrected chi connectivity index (χ4v) is 4.44. The predicted octanol–water partition coefficient (Wildman–Crippen LogP) is 5.32. The van der Waals surface area contributed by atoms with Crippen LogP contribution in [-0.4, -0.2) is 29.8 Å². The van der Waals surface area contributed by atoms with Gasteiger partial charge in [-0.3, -0.25) is 9.59 Å². The molecule has 0 N–H and O–H groups in total. The lowest BCUT2D eigenvalue weighted by atomic mass is 9.97. The van der Waals surface area contributed by atoms with Gasteiger partial charge in [0.15, 0.2) is 0 Å². The van der Waals surface area contributed by atoms with Crippen molar-refractivity contribution < 1.29 is 9.59 Å². The Hall–Kier alpha value is -2.30. The Morgan fingerprint density at radius 2 is 1.48 bits per heavy atom. The highest BCUT2D eigenvalue weighted by molar-refractivity contribution is 6.46. The number of imide groups is 1. The molecule has 0 bridgehead atoms. The number of hydrogen-bond donors (Lipinski definition) is 0. The van der Waals surface area contributed by atoms with Crippen LogP contribution in [0.3, 0.4) is 0 Å². The Morgan fingerprint density at radius 3 is 2.07 bits per heavy atom. The Kier molecular flexibility index (Phi) is 5.41. The van der Waals surface area contributed by atoms with Gasteiger partial charge >= 0.3 is 0 Å². The zero-order valence-electron chi connectivity index (χ0n) is 16.4. The molecular weight excluding hydrogens is 407 g/mol. The maximum absolute atomic E-state index is 13.5. The molecule has 2 aromatic rings. The first-order valence-corrected chi connectivity index (χ1v) is 10.5. The summed E-state index contributed by atoms with van der Waals surface area (Å²) in [6.45, 7) is 5.73. The second-order valence-electron chi connectivity index (χ2n) is 7.83. The molecule has 0 aromatic heterocycles. The van der Waals surface area contributed by atoms with Crippen molar-refractivity contribution in [3.8, 4) is 0 Å². The molecule has 2 aliphatic rings. The van der Waals surface area contributed by atoms with Crippen LogP contribution < -0.4 is 4.90 Å². The van der Waals surface area contributed by atoms with Gasteiger partial charge in [0, 0.05) is 23.1 Å². The fourth-order valence-electron chi connectivity index (χ4n) is 3.93. The third kappa shape index (κ3) is 3.79. The number of halogens is 2. The fraction of sp³-hybridized carbons (Fsp3) is 0.304. The first-order valence-electron chi connectivity index (χ1n) is 9.76. The minimum Gasteiger partial charge on any atom is -0.366 e. The molecule has 0 spiro atoms. The van der Waals surface area contributed by atoms with Gasteiger partial charge in [-0.25, -0.2) is 4.90 Å². The second-order valence-corrected chi connectivity index (χ2v) is 8.71. The molecular formula is C23H22Cl2N2O2. The van der Waals surface area contributed by atoms with E-state index >= 15 is 0 Å². The lowest BCUT2D eigenvalue weighted by molar-refractivity contribution is -0.120. The Bertz CT molecular complexity index is 986. The van der Waals surface area contributed by atoms with E-state index in [9.17, 15) is 9.59 Å². The van der Waals surface area contributed by atoms with E-state index in [1.165, 1.54) is 4.90 Å². The molecule has 1 fully saturated rings. The van der Waals surface area contributed by atoms with E-state index in [1.807, 2.05) is 31.2 Å². The molecule has 150 valence electrons. The summed E-state index contributed by atoms with van der Waals surface area (Å²) in [5, 5.41) is 0.760. The average molecular weight is 429 g/mol. The van der Waals surface area contributed by atoms with E-state index in [2.05, 4.69) is 11.8 Å². The molecule has 2 heterocycles. The van der Waals surface area contributed by atoms with Crippen LogP contribution in [0.15, 0.2) is 48.2 Å². The van der Waals surface area contributed by atoms with Gasteiger partial charge in [0.1, 0.15) is 5.70 Å². The van der Waals surface area contributed by atoms with Crippen molar-refractivity contribution in [3.05, 3.63) is 69.3 Å². The molecule has 2 aromatic carbocycles. The third-order valence-electron chi connectivity index (χ3n) is 5.61. The van der Waals surface area contributed by atoms with E-state index < -0.39 is 0 Å². The molecule has 0 saturated carbocycles. The normalized spacial score (nSPS) is 18.2. The summed E-state index contributed by atoms with van der Waals surface area (Å²) in [6, 6.07) is 12.5. The van der Waals surface area contributed by atoms with Crippen LogP contribution in [0.1, 0.15) is 30.9 Å². The predicted molar refractivity (Wildman–Crippen MR) is 117 cm³/mol. The van der Waals surface area contributed by atoms with Crippen molar-refractivity contribution in [1.29, 1.82) is 0 Å². The van der Waals surface area contributed by atoms with Crippen LogP contribution in [0.25, 0.3) is 5.57 Å². The second kappa shape index (κ2) is 7.85. The summed E-state index contributed by atoms with van der Waals surface area (Å²) in [6.07, 6.45) is 1.99. The van der Waals surface area contributed by atoms with Gasteiger partial charge in [-0.15, -0.1) is 0 Å². The number of carbonyl (C=O) groups is 2. The van der Waals surface area contributed by atoms with E-state index in [0.717, 1.165) is 37.1 Å². The van der Waals surface area contributed by atoms with Crippen molar-refractivity contribution in [1.82, 2.24) is 4.90 Å². The molecule has 1 saturated heterocycles. The van der Waals surface area contributed by atoms with Crippen LogP contribution in [0.4, 0.5) is 5.69 Å². The van der Waals surface area contributed by atoms with Crippen molar-refractivity contribution in [2.24, 2.45) is 5.92 Å². The van der Waals surface area contributed by atoms with E-state index in [0.29, 0.717) is 32.9 Å². The highest BCUT2D eigenvalue weighted by Gasteiger charge is 2.43. The number of rotatable bonds is 3. The van der Waals surface area contributed by atoms with Gasteiger partial charge in [0.2, 0.25) is 0 Å². The molecule has 0 atom stereocenters. The smallest absolute Gasteiger partial charge is 0.282 e. The Labute approximate surface area is 180 Å². The Balaban J connectivity index is 1.82. The summed E-state index contributed by atoms with van der Waals surface area (Å²) in [4.78, 5) is 30.2. The van der Waals surface area contributed by atoms with Crippen molar-refractivity contribution >= 4 is 46.3 Å². The summed E-state index contributed by atoms with van der Waals surface area (Å²) in [7, 11) is 0. The van der Waals surface area contributed by atoms with Crippen LogP contribution in [0.2, 0.25) is 10.0 Å². The van der Waals surface area contributed by atoms with Crippen LogP contribution >= 0.6 is 23.2 Å². The van der Waals surface area contributed by atoms with Crippen molar-refractivity contribution in [2.75, 3.05) is 18.0 Å². The molecule has 0 unspecified atom stereocenters. The van der Waals surface area contributed by atoms with Gasteiger partial charge in [0.05, 0.1) is 11.3 Å². The first-order chi connectivity index (χ1) is 13.8. The number of hydrogen-bond acceptors (Lipinski definition) is 3. The Morgan fingerprint density at radius 1 is 0.897 bits per heavy atom.